The van der Waals surface area contributed by atoms with E-state index in [2.05, 4.69) is 0 Å². The third-order valence-electron chi connectivity index (χ3n) is 6.19. The smallest absolute Gasteiger partial charge is 0.270 e. The molecule has 12 nitrogen and oxygen atoms in total. The summed E-state index contributed by atoms with van der Waals surface area (Å²) in [6.45, 7) is 3.93. The molecule has 1 unspecified atom stereocenters. The fraction of sp³-hybridized carbons (Fsp3) is 0.320. The monoisotopic (exact) mass is 510 g/mol. The maximum absolute atomic E-state index is 11.6. The van der Waals surface area contributed by atoms with Crippen LogP contribution in [0.15, 0.2) is 42.7 Å². The van der Waals surface area contributed by atoms with E-state index in [1.807, 2.05) is 0 Å². The Bertz CT molecular complexity index is 1290. The molecule has 4 rings (SSSR count). The van der Waals surface area contributed by atoms with Gasteiger partial charge >= 0.3 is 0 Å². The van der Waals surface area contributed by atoms with Crippen molar-refractivity contribution in [2.75, 3.05) is 30.0 Å². The molecule has 37 heavy (non-hydrogen) atoms. The number of rotatable bonds is 4. The predicted octanol–water partition coefficient (Wildman–Crippen LogP) is 3.97. The average Bonchev–Trinajstić information content (AvgIpc) is 2.87. The van der Waals surface area contributed by atoms with Crippen LogP contribution in [0.2, 0.25) is 0 Å². The van der Waals surface area contributed by atoms with Crippen LogP contribution in [-0.4, -0.2) is 48.1 Å². The number of methoxy groups -OCH3 is 1. The van der Waals surface area contributed by atoms with E-state index in [4.69, 9.17) is 4.74 Å². The number of fused-ring (bicyclic) bond motifs is 2. The molecule has 0 aromatic heterocycles. The maximum atomic E-state index is 11.6. The summed E-state index contributed by atoms with van der Waals surface area (Å²) < 4.78 is 5.00. The summed E-state index contributed by atoms with van der Waals surface area (Å²) in [4.78, 5) is 57.9. The maximum Gasteiger partial charge on any atom is 0.270 e. The van der Waals surface area contributed by atoms with Crippen LogP contribution in [0, 0.1) is 20.2 Å². The SMILES string of the molecule is CC(=O)N1CCC(C=O)c2cc([N+](=O)[O-])ccc21.COC=C1CCN(C(C)=O)c2ccc([N+](=O)[O-])cc21. The van der Waals surface area contributed by atoms with Crippen LogP contribution in [0.5, 0.6) is 0 Å². The first-order valence-corrected chi connectivity index (χ1v) is 11.4. The summed E-state index contributed by atoms with van der Waals surface area (Å²) in [5, 5.41) is 21.6. The summed E-state index contributed by atoms with van der Waals surface area (Å²) in [5.74, 6) is -0.587. The lowest BCUT2D eigenvalue weighted by atomic mass is 9.90. The van der Waals surface area contributed by atoms with Crippen molar-refractivity contribution in [3.8, 4) is 0 Å². The van der Waals surface area contributed by atoms with E-state index in [-0.39, 0.29) is 29.1 Å². The lowest BCUT2D eigenvalue weighted by Crippen LogP contribution is -2.35. The number of non-ortho nitro benzene ring substituents is 2. The number of nitro groups is 2. The Balaban J connectivity index is 0.000000206. The van der Waals surface area contributed by atoms with Crippen molar-refractivity contribution in [3.63, 3.8) is 0 Å². The molecule has 12 heteroatoms. The Morgan fingerprint density at radius 3 is 2.05 bits per heavy atom. The second kappa shape index (κ2) is 11.4. The molecule has 0 bridgehead atoms. The molecular weight excluding hydrogens is 484 g/mol. The first-order valence-electron chi connectivity index (χ1n) is 11.4. The van der Waals surface area contributed by atoms with E-state index >= 15 is 0 Å². The normalized spacial score (nSPS) is 17.1. The van der Waals surface area contributed by atoms with Gasteiger partial charge in [-0.15, -0.1) is 0 Å². The molecule has 2 amide bonds. The molecule has 0 saturated heterocycles. The van der Waals surface area contributed by atoms with E-state index in [9.17, 15) is 34.6 Å². The van der Waals surface area contributed by atoms with Crippen LogP contribution in [0.3, 0.4) is 0 Å². The quantitative estimate of drug-likeness (QED) is 0.259. The van der Waals surface area contributed by atoms with Gasteiger partial charge in [0.15, 0.2) is 0 Å². The first-order chi connectivity index (χ1) is 17.6. The Kier molecular flexibility index (Phi) is 8.33. The molecule has 1 atom stereocenters. The number of hydrogen-bond donors (Lipinski definition) is 0. The van der Waals surface area contributed by atoms with Gasteiger partial charge in [-0.05, 0) is 36.1 Å². The van der Waals surface area contributed by atoms with Crippen molar-refractivity contribution in [1.29, 1.82) is 0 Å². The number of nitro benzene ring substituents is 2. The molecule has 0 radical (unpaired) electrons. The van der Waals surface area contributed by atoms with Gasteiger partial charge < -0.3 is 19.3 Å². The Morgan fingerprint density at radius 2 is 1.51 bits per heavy atom. The summed E-state index contributed by atoms with van der Waals surface area (Å²) >= 11 is 0. The van der Waals surface area contributed by atoms with Gasteiger partial charge in [-0.25, -0.2) is 0 Å². The highest BCUT2D eigenvalue weighted by molar-refractivity contribution is 5.97. The van der Waals surface area contributed by atoms with Crippen molar-refractivity contribution >= 4 is 46.4 Å². The Hall–Kier alpha value is -4.61. The predicted molar refractivity (Wildman–Crippen MR) is 135 cm³/mol. The number of amides is 2. The van der Waals surface area contributed by atoms with Crippen molar-refractivity contribution in [3.05, 3.63) is 74.0 Å². The van der Waals surface area contributed by atoms with Crippen LogP contribution in [-0.2, 0) is 19.1 Å². The summed E-state index contributed by atoms with van der Waals surface area (Å²) in [5.41, 5.74) is 3.32. The van der Waals surface area contributed by atoms with Gasteiger partial charge in [-0.1, -0.05) is 0 Å². The Morgan fingerprint density at radius 1 is 0.946 bits per heavy atom. The lowest BCUT2D eigenvalue weighted by Gasteiger charge is -2.31. The molecule has 2 heterocycles. The number of nitrogens with zero attached hydrogens (tertiary/aromatic N) is 4. The first kappa shape index (κ1) is 27.0. The highest BCUT2D eigenvalue weighted by atomic mass is 16.6. The van der Waals surface area contributed by atoms with Crippen LogP contribution in [0.25, 0.3) is 5.57 Å². The Labute approximate surface area is 212 Å². The molecule has 0 spiro atoms. The van der Waals surface area contributed by atoms with E-state index in [0.717, 1.165) is 11.9 Å². The zero-order valence-electron chi connectivity index (χ0n) is 20.6. The molecular formula is C25H26N4O8. The third kappa shape index (κ3) is 5.80. The zero-order chi connectivity index (χ0) is 27.3. The molecule has 2 aliphatic rings. The summed E-state index contributed by atoms with van der Waals surface area (Å²) in [7, 11) is 1.53. The number of hydrogen-bond acceptors (Lipinski definition) is 8. The summed E-state index contributed by atoms with van der Waals surface area (Å²) in [6.07, 6.45) is 3.46. The molecule has 0 saturated carbocycles. The fourth-order valence-electron chi connectivity index (χ4n) is 4.42. The minimum atomic E-state index is -0.505. The largest absolute Gasteiger partial charge is 0.504 e. The molecule has 2 aromatic rings. The van der Waals surface area contributed by atoms with Crippen molar-refractivity contribution in [1.82, 2.24) is 0 Å². The number of carbonyl (C=O) groups excluding carboxylic acids is 3. The number of benzene rings is 2. The van der Waals surface area contributed by atoms with E-state index in [1.54, 1.807) is 22.1 Å². The molecule has 0 aliphatic carbocycles. The van der Waals surface area contributed by atoms with E-state index in [1.165, 1.54) is 51.3 Å². The number of anilines is 2. The number of aldehydes is 1. The van der Waals surface area contributed by atoms with E-state index < -0.39 is 9.85 Å². The minimum absolute atomic E-state index is 0.00570. The molecule has 0 fully saturated rings. The van der Waals surface area contributed by atoms with Gasteiger partial charge in [-0.2, -0.15) is 0 Å². The topological polar surface area (TPSA) is 153 Å². The van der Waals surface area contributed by atoms with Gasteiger partial charge in [0.05, 0.1) is 28.9 Å². The van der Waals surface area contributed by atoms with Crippen molar-refractivity contribution in [2.24, 2.45) is 0 Å². The van der Waals surface area contributed by atoms with Crippen molar-refractivity contribution < 1.29 is 29.0 Å². The van der Waals surface area contributed by atoms with Crippen LogP contribution < -0.4 is 9.80 Å². The molecule has 194 valence electrons. The van der Waals surface area contributed by atoms with E-state index in [0.29, 0.717) is 48.4 Å². The molecule has 2 aromatic carbocycles. The number of carbonyl (C=O) groups is 3. The van der Waals surface area contributed by atoms with Crippen LogP contribution in [0.1, 0.15) is 43.7 Å². The molecule has 0 N–H and O–H groups in total. The molecule has 2 aliphatic heterocycles. The summed E-state index contributed by atoms with van der Waals surface area (Å²) in [6, 6.07) is 8.76. The highest BCUT2D eigenvalue weighted by Crippen LogP contribution is 2.38. The minimum Gasteiger partial charge on any atom is -0.504 e. The van der Waals surface area contributed by atoms with Gasteiger partial charge in [0.2, 0.25) is 11.8 Å². The second-order valence-electron chi connectivity index (χ2n) is 8.46. The van der Waals surface area contributed by atoms with Crippen LogP contribution in [0.4, 0.5) is 22.7 Å². The van der Waals surface area contributed by atoms with Gasteiger partial charge in [-0.3, -0.25) is 29.8 Å². The van der Waals surface area contributed by atoms with Crippen LogP contribution >= 0.6 is 0 Å². The van der Waals surface area contributed by atoms with Gasteiger partial charge in [0.25, 0.3) is 11.4 Å². The fourth-order valence-corrected chi connectivity index (χ4v) is 4.42. The van der Waals surface area contributed by atoms with Gasteiger partial charge in [0, 0.05) is 68.4 Å². The lowest BCUT2D eigenvalue weighted by molar-refractivity contribution is -0.385. The highest BCUT2D eigenvalue weighted by Gasteiger charge is 2.29. The van der Waals surface area contributed by atoms with Crippen molar-refractivity contribution in [2.45, 2.75) is 32.6 Å². The second-order valence-corrected chi connectivity index (χ2v) is 8.46. The number of ether oxygens (including phenoxy) is 1. The third-order valence-corrected chi connectivity index (χ3v) is 6.19. The zero-order valence-corrected chi connectivity index (χ0v) is 20.6. The standard InChI is InChI=1S/C13H14N2O4.C12H12N2O4/c1-9(16)14-6-5-10(8-19-2)12-7-11(15(17)18)3-4-13(12)14;1-8(16)13-5-4-9(7-15)11-6-10(14(17)18)2-3-12(11)13/h3-4,7-8H,5-6H2,1-2H3;2-3,6-7,9H,4-5H2,1H3. The van der Waals surface area contributed by atoms with Gasteiger partial charge in [0.1, 0.15) is 6.29 Å². The average molecular weight is 511 g/mol.